The molecule has 2 heteroatoms. The summed E-state index contributed by atoms with van der Waals surface area (Å²) < 4.78 is 0. The minimum Gasteiger partial charge on any atom is -0.303 e. The van der Waals surface area contributed by atoms with Crippen molar-refractivity contribution in [2.75, 3.05) is 14.1 Å². The number of hydrogen-bond donors (Lipinski definition) is 0. The predicted octanol–water partition coefficient (Wildman–Crippen LogP) is 2.67. The summed E-state index contributed by atoms with van der Waals surface area (Å²) in [6.45, 7) is 8.00. The summed E-state index contributed by atoms with van der Waals surface area (Å²) in [5.74, 6) is 0. The number of rotatable bonds is 5. The lowest BCUT2D eigenvalue weighted by Gasteiger charge is -2.06. The van der Waals surface area contributed by atoms with E-state index in [4.69, 9.17) is 0 Å². The Balaban J connectivity index is 3.57. The van der Waals surface area contributed by atoms with E-state index < -0.39 is 0 Å². The summed E-state index contributed by atoms with van der Waals surface area (Å²) >= 11 is 0. The molecule has 0 aliphatic rings. The van der Waals surface area contributed by atoms with Crippen molar-refractivity contribution in [3.63, 3.8) is 0 Å². The molecule has 0 aliphatic heterocycles. The van der Waals surface area contributed by atoms with Crippen LogP contribution in [-0.2, 0) is 0 Å². The van der Waals surface area contributed by atoms with Crippen LogP contribution in [0.4, 0.5) is 0 Å². The second kappa shape index (κ2) is 5.81. The molecule has 0 rings (SSSR count). The van der Waals surface area contributed by atoms with Crippen LogP contribution in [-0.4, -0.2) is 24.8 Å². The van der Waals surface area contributed by atoms with Crippen LogP contribution in [0.25, 0.3) is 0 Å². The highest BCUT2D eigenvalue weighted by atomic mass is 15.4. The van der Waals surface area contributed by atoms with E-state index in [-0.39, 0.29) is 0 Å². The topological polar surface area (TPSA) is 15.6 Å². The van der Waals surface area contributed by atoms with Gasteiger partial charge in [-0.3, -0.25) is 0 Å². The van der Waals surface area contributed by atoms with Gasteiger partial charge < -0.3 is 5.01 Å². The van der Waals surface area contributed by atoms with Crippen LogP contribution in [0.2, 0.25) is 0 Å². The first-order valence-electron chi connectivity index (χ1n) is 4.38. The van der Waals surface area contributed by atoms with Crippen molar-refractivity contribution < 1.29 is 0 Å². The number of hydrazone groups is 1. The minimum atomic E-state index is 1.07. The SMILES string of the molecule is C=C(C)CCCC(C)=NN(C)C. The lowest BCUT2D eigenvalue weighted by molar-refractivity contribution is 0.435. The van der Waals surface area contributed by atoms with Gasteiger partial charge in [0.25, 0.3) is 0 Å². The van der Waals surface area contributed by atoms with Crippen molar-refractivity contribution in [2.24, 2.45) is 5.10 Å². The molecule has 0 fully saturated rings. The van der Waals surface area contributed by atoms with Crippen molar-refractivity contribution in [1.82, 2.24) is 5.01 Å². The van der Waals surface area contributed by atoms with E-state index in [1.807, 2.05) is 19.1 Å². The van der Waals surface area contributed by atoms with Gasteiger partial charge in [0.1, 0.15) is 0 Å². The smallest absolute Gasteiger partial charge is 0.0349 e. The Morgan fingerprint density at radius 2 is 1.83 bits per heavy atom. The van der Waals surface area contributed by atoms with Crippen LogP contribution in [0.5, 0.6) is 0 Å². The predicted molar refractivity (Wildman–Crippen MR) is 55.5 cm³/mol. The van der Waals surface area contributed by atoms with Crippen molar-refractivity contribution in [3.8, 4) is 0 Å². The van der Waals surface area contributed by atoms with Crippen LogP contribution in [0.3, 0.4) is 0 Å². The molecule has 0 aromatic carbocycles. The Morgan fingerprint density at radius 3 is 2.25 bits per heavy atom. The van der Waals surface area contributed by atoms with Crippen LogP contribution < -0.4 is 0 Å². The van der Waals surface area contributed by atoms with Gasteiger partial charge in [-0.2, -0.15) is 5.10 Å². The summed E-state index contributed by atoms with van der Waals surface area (Å²) in [4.78, 5) is 0. The summed E-state index contributed by atoms with van der Waals surface area (Å²) in [7, 11) is 3.89. The second-order valence-electron chi connectivity index (χ2n) is 3.49. The zero-order chi connectivity index (χ0) is 9.56. The molecule has 0 aromatic heterocycles. The maximum Gasteiger partial charge on any atom is 0.0349 e. The third kappa shape index (κ3) is 7.32. The average molecular weight is 168 g/mol. The van der Waals surface area contributed by atoms with Gasteiger partial charge in [0.2, 0.25) is 0 Å². The van der Waals surface area contributed by atoms with E-state index in [9.17, 15) is 0 Å². The first-order valence-corrected chi connectivity index (χ1v) is 4.38. The van der Waals surface area contributed by atoms with Gasteiger partial charge in [0.15, 0.2) is 0 Å². The largest absolute Gasteiger partial charge is 0.303 e. The summed E-state index contributed by atoms with van der Waals surface area (Å²) in [5.41, 5.74) is 2.45. The molecular weight excluding hydrogens is 148 g/mol. The lowest BCUT2D eigenvalue weighted by atomic mass is 10.1. The number of hydrogen-bond acceptors (Lipinski definition) is 2. The zero-order valence-electron chi connectivity index (χ0n) is 8.72. The molecule has 0 spiro atoms. The van der Waals surface area contributed by atoms with E-state index in [0.29, 0.717) is 0 Å². The molecule has 0 aromatic rings. The first kappa shape index (κ1) is 11.2. The first-order chi connectivity index (χ1) is 5.52. The Bertz CT molecular complexity index is 169. The Morgan fingerprint density at radius 1 is 1.25 bits per heavy atom. The zero-order valence-corrected chi connectivity index (χ0v) is 8.72. The van der Waals surface area contributed by atoms with Gasteiger partial charge in [-0.05, 0) is 33.1 Å². The van der Waals surface area contributed by atoms with Crippen molar-refractivity contribution in [2.45, 2.75) is 33.1 Å². The molecule has 0 saturated heterocycles. The van der Waals surface area contributed by atoms with Crippen molar-refractivity contribution in [3.05, 3.63) is 12.2 Å². The summed E-state index contributed by atoms with van der Waals surface area (Å²) in [6, 6.07) is 0. The standard InChI is InChI=1S/C10H20N2/c1-9(2)7-6-8-10(3)11-12(4)5/h1,6-8H2,2-5H3. The molecule has 0 unspecified atom stereocenters. The molecule has 0 atom stereocenters. The van der Waals surface area contributed by atoms with Crippen LogP contribution in [0.15, 0.2) is 17.3 Å². The summed E-state index contributed by atoms with van der Waals surface area (Å²) in [5, 5.41) is 6.14. The van der Waals surface area contributed by atoms with Gasteiger partial charge in [-0.1, -0.05) is 5.57 Å². The highest BCUT2D eigenvalue weighted by Crippen LogP contribution is 2.04. The molecule has 0 heterocycles. The fourth-order valence-electron chi connectivity index (χ4n) is 1.04. The monoisotopic (exact) mass is 168 g/mol. The number of nitrogens with zero attached hydrogens (tertiary/aromatic N) is 2. The molecule has 0 amide bonds. The van der Waals surface area contributed by atoms with E-state index in [0.717, 1.165) is 12.8 Å². The Kier molecular flexibility index (Phi) is 5.43. The molecule has 0 aliphatic carbocycles. The third-order valence-corrected chi connectivity index (χ3v) is 1.51. The second-order valence-corrected chi connectivity index (χ2v) is 3.49. The molecule has 70 valence electrons. The maximum atomic E-state index is 4.29. The quantitative estimate of drug-likeness (QED) is 0.350. The molecular formula is C10H20N2. The Labute approximate surface area is 76.0 Å². The summed E-state index contributed by atoms with van der Waals surface area (Å²) in [6.07, 6.45) is 3.35. The third-order valence-electron chi connectivity index (χ3n) is 1.51. The molecule has 2 nitrogen and oxygen atoms in total. The van der Waals surface area contributed by atoms with Crippen molar-refractivity contribution >= 4 is 5.71 Å². The Hall–Kier alpha value is -0.790. The van der Waals surface area contributed by atoms with Gasteiger partial charge >= 0.3 is 0 Å². The van der Waals surface area contributed by atoms with Gasteiger partial charge in [-0.15, -0.1) is 6.58 Å². The van der Waals surface area contributed by atoms with Gasteiger partial charge in [0.05, 0.1) is 0 Å². The minimum absolute atomic E-state index is 1.07. The van der Waals surface area contributed by atoms with Crippen LogP contribution in [0.1, 0.15) is 33.1 Å². The van der Waals surface area contributed by atoms with Gasteiger partial charge in [0, 0.05) is 19.8 Å². The van der Waals surface area contributed by atoms with E-state index >= 15 is 0 Å². The number of allylic oxidation sites excluding steroid dienone is 1. The van der Waals surface area contributed by atoms with E-state index in [2.05, 4.69) is 25.5 Å². The maximum absolute atomic E-state index is 4.29. The molecule has 0 radical (unpaired) electrons. The van der Waals surface area contributed by atoms with Crippen LogP contribution >= 0.6 is 0 Å². The van der Waals surface area contributed by atoms with Crippen LogP contribution in [0, 0.1) is 0 Å². The molecule has 0 saturated carbocycles. The lowest BCUT2D eigenvalue weighted by Crippen LogP contribution is -2.06. The van der Waals surface area contributed by atoms with E-state index in [1.54, 1.807) is 0 Å². The normalized spacial score (nSPS) is 11.5. The van der Waals surface area contributed by atoms with Gasteiger partial charge in [-0.25, -0.2) is 0 Å². The fraction of sp³-hybridized carbons (Fsp3) is 0.700. The van der Waals surface area contributed by atoms with Crippen molar-refractivity contribution in [1.29, 1.82) is 0 Å². The highest BCUT2D eigenvalue weighted by Gasteiger charge is 1.93. The average Bonchev–Trinajstić information content (AvgIpc) is 1.84. The molecule has 0 bridgehead atoms. The molecule has 12 heavy (non-hydrogen) atoms. The van der Waals surface area contributed by atoms with E-state index in [1.165, 1.54) is 17.7 Å². The highest BCUT2D eigenvalue weighted by molar-refractivity contribution is 5.81. The molecule has 0 N–H and O–H groups in total. The fourth-order valence-corrected chi connectivity index (χ4v) is 1.04.